The van der Waals surface area contributed by atoms with Gasteiger partial charge in [-0.15, -0.1) is 0 Å². The van der Waals surface area contributed by atoms with Crippen LogP contribution in [0.5, 0.6) is 5.75 Å². The van der Waals surface area contributed by atoms with Crippen LogP contribution in [0.3, 0.4) is 0 Å². The molecule has 0 saturated carbocycles. The Bertz CT molecular complexity index is 860. The van der Waals surface area contributed by atoms with Crippen LogP contribution < -0.4 is 15.4 Å². The number of benzene rings is 2. The summed E-state index contributed by atoms with van der Waals surface area (Å²) in [5, 5.41) is 16.1. The van der Waals surface area contributed by atoms with Gasteiger partial charge >= 0.3 is 12.6 Å². The quantitative estimate of drug-likeness (QED) is 0.597. The second-order valence-electron chi connectivity index (χ2n) is 6.06. The van der Waals surface area contributed by atoms with Crippen molar-refractivity contribution in [1.29, 1.82) is 0 Å². The number of hydrogen-bond donors (Lipinski definition) is 2. The third-order valence-corrected chi connectivity index (χ3v) is 4.31. The Labute approximate surface area is 153 Å². The smallest absolute Gasteiger partial charge is 0.387 e. The van der Waals surface area contributed by atoms with Crippen molar-refractivity contribution in [3.05, 3.63) is 63.7 Å². The first kappa shape index (κ1) is 18.6. The number of nitrogens with one attached hydrogen (secondary N) is 2. The zero-order valence-electron chi connectivity index (χ0n) is 14.2. The van der Waals surface area contributed by atoms with E-state index in [-0.39, 0.29) is 23.2 Å². The van der Waals surface area contributed by atoms with Crippen LogP contribution in [-0.2, 0) is 6.42 Å². The molecule has 2 N–H and O–H groups in total. The third kappa shape index (κ3) is 4.49. The Morgan fingerprint density at radius 2 is 2.04 bits per heavy atom. The Hall–Kier alpha value is -3.23. The first-order valence-corrected chi connectivity index (χ1v) is 8.32. The number of anilines is 1. The van der Waals surface area contributed by atoms with E-state index in [0.717, 1.165) is 48.6 Å². The lowest BCUT2D eigenvalue weighted by atomic mass is 9.88. The van der Waals surface area contributed by atoms with Gasteiger partial charge in [-0.25, -0.2) is 4.79 Å². The summed E-state index contributed by atoms with van der Waals surface area (Å²) in [6.07, 6.45) is 2.56. The largest absolute Gasteiger partial charge is 0.433 e. The monoisotopic (exact) mass is 377 g/mol. The normalized spacial score (nSPS) is 15.7. The molecule has 2 aromatic carbocycles. The van der Waals surface area contributed by atoms with Crippen molar-refractivity contribution in [2.75, 3.05) is 5.32 Å². The molecule has 1 aliphatic rings. The minimum absolute atomic E-state index is 0.203. The molecule has 2 amide bonds. The van der Waals surface area contributed by atoms with Crippen LogP contribution in [0.4, 0.5) is 25.0 Å². The number of nitro benzene ring substituents is 1. The first-order valence-electron chi connectivity index (χ1n) is 8.32. The van der Waals surface area contributed by atoms with Gasteiger partial charge in [-0.2, -0.15) is 8.78 Å². The van der Waals surface area contributed by atoms with Crippen molar-refractivity contribution in [3.63, 3.8) is 0 Å². The maximum absolute atomic E-state index is 12.6. The summed E-state index contributed by atoms with van der Waals surface area (Å²) in [5.74, 6) is -0.352. The molecule has 0 spiro atoms. The van der Waals surface area contributed by atoms with E-state index in [4.69, 9.17) is 0 Å². The molecular weight excluding hydrogens is 360 g/mol. The number of rotatable bonds is 5. The van der Waals surface area contributed by atoms with Crippen LogP contribution in [0.1, 0.15) is 30.0 Å². The number of nitro groups is 1. The molecule has 0 heterocycles. The number of carbonyl (C=O) groups excluding carboxylic acids is 1. The summed E-state index contributed by atoms with van der Waals surface area (Å²) in [5.41, 5.74) is 1.59. The Kier molecular flexibility index (Phi) is 5.49. The number of ether oxygens (including phenoxy) is 1. The van der Waals surface area contributed by atoms with Gasteiger partial charge in [0.15, 0.2) is 0 Å². The van der Waals surface area contributed by atoms with Gasteiger partial charge in [-0.1, -0.05) is 24.3 Å². The molecular formula is C18H17F2N3O4. The SMILES string of the molecule is O=C(Nc1cc([N+](=O)[O-])ccc1OC(F)F)NC1CCCc2ccccc21. The minimum Gasteiger partial charge on any atom is -0.433 e. The average molecular weight is 377 g/mol. The molecule has 2 aromatic rings. The van der Waals surface area contributed by atoms with E-state index in [0.29, 0.717) is 0 Å². The highest BCUT2D eigenvalue weighted by Crippen LogP contribution is 2.32. The van der Waals surface area contributed by atoms with Crippen molar-refractivity contribution >= 4 is 17.4 Å². The molecule has 0 fully saturated rings. The number of non-ortho nitro benzene ring substituents is 1. The van der Waals surface area contributed by atoms with E-state index in [1.165, 1.54) is 0 Å². The summed E-state index contributed by atoms with van der Waals surface area (Å²) in [4.78, 5) is 22.6. The van der Waals surface area contributed by atoms with Gasteiger partial charge in [0.25, 0.3) is 5.69 Å². The number of amides is 2. The molecule has 0 aliphatic heterocycles. The van der Waals surface area contributed by atoms with Gasteiger partial charge in [0.1, 0.15) is 5.75 Å². The van der Waals surface area contributed by atoms with Gasteiger partial charge in [0.2, 0.25) is 0 Å². The fourth-order valence-corrected chi connectivity index (χ4v) is 3.15. The van der Waals surface area contributed by atoms with E-state index >= 15 is 0 Å². The standard InChI is InChI=1S/C18H17F2N3O4/c19-17(20)27-16-9-8-12(23(25)26)10-15(16)22-18(24)21-14-7-3-5-11-4-1-2-6-13(11)14/h1-2,4,6,8-10,14,17H,3,5,7H2,(H2,21,22,24). The number of urea groups is 1. The molecule has 0 bridgehead atoms. The number of halogens is 2. The van der Waals surface area contributed by atoms with E-state index in [2.05, 4.69) is 15.4 Å². The van der Waals surface area contributed by atoms with Crippen molar-refractivity contribution in [1.82, 2.24) is 5.32 Å². The molecule has 1 aliphatic carbocycles. The van der Waals surface area contributed by atoms with Gasteiger partial charge in [-0.05, 0) is 36.5 Å². The van der Waals surface area contributed by atoms with Crippen LogP contribution in [-0.4, -0.2) is 17.6 Å². The molecule has 0 saturated heterocycles. The molecule has 3 rings (SSSR count). The zero-order valence-corrected chi connectivity index (χ0v) is 14.2. The molecule has 0 radical (unpaired) electrons. The van der Waals surface area contributed by atoms with Gasteiger partial charge in [0, 0.05) is 12.1 Å². The van der Waals surface area contributed by atoms with E-state index < -0.39 is 17.6 Å². The topological polar surface area (TPSA) is 93.5 Å². The molecule has 1 unspecified atom stereocenters. The van der Waals surface area contributed by atoms with Gasteiger partial charge in [-0.3, -0.25) is 10.1 Å². The predicted octanol–water partition coefficient (Wildman–Crippen LogP) is 4.40. The zero-order chi connectivity index (χ0) is 19.4. The summed E-state index contributed by atoms with van der Waals surface area (Å²) in [6, 6.07) is 9.88. The number of nitrogens with zero attached hydrogens (tertiary/aromatic N) is 1. The van der Waals surface area contributed by atoms with Crippen LogP contribution in [0.25, 0.3) is 0 Å². The molecule has 9 heteroatoms. The summed E-state index contributed by atoms with van der Waals surface area (Å²) >= 11 is 0. The third-order valence-electron chi connectivity index (χ3n) is 4.31. The highest BCUT2D eigenvalue weighted by Gasteiger charge is 2.23. The van der Waals surface area contributed by atoms with E-state index in [1.807, 2.05) is 24.3 Å². The number of aryl methyl sites for hydroxylation is 1. The highest BCUT2D eigenvalue weighted by atomic mass is 19.3. The van der Waals surface area contributed by atoms with E-state index in [1.54, 1.807) is 0 Å². The first-order chi connectivity index (χ1) is 12.9. The fraction of sp³-hybridized carbons (Fsp3) is 0.278. The number of alkyl halides is 2. The maximum Gasteiger partial charge on any atom is 0.387 e. The number of fused-ring (bicyclic) bond motifs is 1. The van der Waals surface area contributed by atoms with E-state index in [9.17, 15) is 23.7 Å². The summed E-state index contributed by atoms with van der Waals surface area (Å²) in [7, 11) is 0. The number of carbonyl (C=O) groups is 1. The van der Waals surface area contributed by atoms with Gasteiger partial charge < -0.3 is 15.4 Å². The molecule has 1 atom stereocenters. The molecule has 142 valence electrons. The Morgan fingerprint density at radius 1 is 1.26 bits per heavy atom. The molecule has 27 heavy (non-hydrogen) atoms. The second kappa shape index (κ2) is 7.98. The summed E-state index contributed by atoms with van der Waals surface area (Å²) < 4.78 is 29.4. The Morgan fingerprint density at radius 3 is 2.78 bits per heavy atom. The Balaban J connectivity index is 1.77. The van der Waals surface area contributed by atoms with Gasteiger partial charge in [0.05, 0.1) is 16.7 Å². The van der Waals surface area contributed by atoms with Crippen LogP contribution in [0.15, 0.2) is 42.5 Å². The lowest BCUT2D eigenvalue weighted by molar-refractivity contribution is -0.384. The average Bonchev–Trinajstić information content (AvgIpc) is 2.63. The predicted molar refractivity (Wildman–Crippen MR) is 94.0 cm³/mol. The van der Waals surface area contributed by atoms with Crippen LogP contribution in [0.2, 0.25) is 0 Å². The van der Waals surface area contributed by atoms with Crippen molar-refractivity contribution < 1.29 is 23.2 Å². The maximum atomic E-state index is 12.6. The van der Waals surface area contributed by atoms with Crippen molar-refractivity contribution in [3.8, 4) is 5.75 Å². The highest BCUT2D eigenvalue weighted by molar-refractivity contribution is 5.91. The van der Waals surface area contributed by atoms with Crippen LogP contribution in [0, 0.1) is 10.1 Å². The van der Waals surface area contributed by atoms with Crippen molar-refractivity contribution in [2.45, 2.75) is 31.9 Å². The lowest BCUT2D eigenvalue weighted by Gasteiger charge is -2.26. The molecule has 0 aromatic heterocycles. The molecule has 7 nitrogen and oxygen atoms in total. The lowest BCUT2D eigenvalue weighted by Crippen LogP contribution is -2.34. The van der Waals surface area contributed by atoms with Crippen LogP contribution >= 0.6 is 0 Å². The summed E-state index contributed by atoms with van der Waals surface area (Å²) in [6.45, 7) is -3.12. The fourth-order valence-electron chi connectivity index (χ4n) is 3.15. The second-order valence-corrected chi connectivity index (χ2v) is 6.06. The van der Waals surface area contributed by atoms with Crippen molar-refractivity contribution in [2.24, 2.45) is 0 Å². The number of hydrogen-bond acceptors (Lipinski definition) is 4. The minimum atomic E-state index is -3.12.